The third-order valence-corrected chi connectivity index (χ3v) is 5.52. The van der Waals surface area contributed by atoms with Crippen molar-refractivity contribution >= 4 is 29.9 Å². The summed E-state index contributed by atoms with van der Waals surface area (Å²) in [6.07, 6.45) is 0. The first-order chi connectivity index (χ1) is 7.22. The van der Waals surface area contributed by atoms with Gasteiger partial charge in [0.1, 0.15) is 0 Å². The van der Waals surface area contributed by atoms with Crippen LogP contribution < -0.4 is 5.19 Å². The van der Waals surface area contributed by atoms with Crippen molar-refractivity contribution in [1.29, 1.82) is 0 Å². The van der Waals surface area contributed by atoms with E-state index in [2.05, 4.69) is 15.9 Å². The van der Waals surface area contributed by atoms with Crippen molar-refractivity contribution in [3.8, 4) is 0 Å². The van der Waals surface area contributed by atoms with Gasteiger partial charge in [-0.1, -0.05) is 40.2 Å². The lowest BCUT2D eigenvalue weighted by Gasteiger charge is -2.24. The van der Waals surface area contributed by atoms with Crippen molar-refractivity contribution in [2.24, 2.45) is 0 Å². The van der Waals surface area contributed by atoms with Crippen LogP contribution in [-0.2, 0) is 18.6 Å². The van der Waals surface area contributed by atoms with Crippen LogP contribution in [-0.4, -0.2) is 30.1 Å². The average Bonchev–Trinajstić information content (AvgIpc) is 2.32. The van der Waals surface area contributed by atoms with Crippen LogP contribution in [0.1, 0.15) is 5.56 Å². The van der Waals surface area contributed by atoms with Crippen molar-refractivity contribution in [3.05, 3.63) is 29.8 Å². The van der Waals surface area contributed by atoms with Crippen LogP contribution in [0.3, 0.4) is 0 Å². The normalized spacial score (nSPS) is 11.7. The van der Waals surface area contributed by atoms with E-state index < -0.39 is 8.80 Å². The van der Waals surface area contributed by atoms with Crippen LogP contribution in [0.5, 0.6) is 0 Å². The van der Waals surface area contributed by atoms with E-state index in [0.29, 0.717) is 0 Å². The number of benzene rings is 1. The van der Waals surface area contributed by atoms with Gasteiger partial charge in [-0.15, -0.1) is 0 Å². The quantitative estimate of drug-likeness (QED) is 0.610. The first-order valence-corrected chi connectivity index (χ1v) is 7.38. The van der Waals surface area contributed by atoms with Gasteiger partial charge in [-0.3, -0.25) is 0 Å². The fraction of sp³-hybridized carbons (Fsp3) is 0.400. The lowest BCUT2D eigenvalue weighted by molar-refractivity contribution is 0.140. The SMILES string of the molecule is CO[Si](OC)(OC)c1cccc(CBr)c1. The highest BCUT2D eigenvalue weighted by atomic mass is 79.9. The molecule has 0 aliphatic rings. The maximum Gasteiger partial charge on any atom is 0.536 e. The van der Waals surface area contributed by atoms with Crippen molar-refractivity contribution in [1.82, 2.24) is 0 Å². The predicted octanol–water partition coefficient (Wildman–Crippen LogP) is 1.67. The second-order valence-electron chi connectivity index (χ2n) is 3.00. The van der Waals surface area contributed by atoms with E-state index >= 15 is 0 Å². The van der Waals surface area contributed by atoms with E-state index in [1.165, 1.54) is 5.56 Å². The molecule has 0 atom stereocenters. The van der Waals surface area contributed by atoms with Gasteiger partial charge in [-0.2, -0.15) is 0 Å². The van der Waals surface area contributed by atoms with Gasteiger partial charge in [0.25, 0.3) is 0 Å². The highest BCUT2D eigenvalue weighted by molar-refractivity contribution is 9.08. The minimum atomic E-state index is -2.66. The Hall–Kier alpha value is -0.203. The van der Waals surface area contributed by atoms with E-state index in [1.54, 1.807) is 21.3 Å². The molecule has 0 aliphatic carbocycles. The smallest absolute Gasteiger partial charge is 0.373 e. The number of alkyl halides is 1. The van der Waals surface area contributed by atoms with Gasteiger partial charge in [0, 0.05) is 31.8 Å². The third kappa shape index (κ3) is 2.67. The summed E-state index contributed by atoms with van der Waals surface area (Å²) in [5, 5.41) is 1.79. The molecule has 0 radical (unpaired) electrons. The molecular formula is C10H15BrO3Si. The summed E-state index contributed by atoms with van der Waals surface area (Å²) in [7, 11) is 2.17. The third-order valence-electron chi connectivity index (χ3n) is 2.24. The van der Waals surface area contributed by atoms with Crippen molar-refractivity contribution in [2.75, 3.05) is 21.3 Å². The van der Waals surface area contributed by atoms with E-state index in [4.69, 9.17) is 13.3 Å². The topological polar surface area (TPSA) is 27.7 Å². The van der Waals surface area contributed by atoms with Gasteiger partial charge in [0.15, 0.2) is 0 Å². The van der Waals surface area contributed by atoms with E-state index in [1.807, 2.05) is 24.3 Å². The monoisotopic (exact) mass is 290 g/mol. The molecule has 0 spiro atoms. The van der Waals surface area contributed by atoms with Crippen LogP contribution >= 0.6 is 15.9 Å². The second-order valence-corrected chi connectivity index (χ2v) is 6.48. The molecule has 0 aliphatic heterocycles. The lowest BCUT2D eigenvalue weighted by Crippen LogP contribution is -2.54. The summed E-state index contributed by atoms with van der Waals surface area (Å²) < 4.78 is 16.2. The molecule has 3 nitrogen and oxygen atoms in total. The maximum absolute atomic E-state index is 5.40. The molecule has 15 heavy (non-hydrogen) atoms. The van der Waals surface area contributed by atoms with Gasteiger partial charge >= 0.3 is 8.80 Å². The van der Waals surface area contributed by atoms with Gasteiger partial charge < -0.3 is 13.3 Å². The zero-order valence-corrected chi connectivity index (χ0v) is 11.7. The van der Waals surface area contributed by atoms with Crippen molar-refractivity contribution in [2.45, 2.75) is 5.33 Å². The highest BCUT2D eigenvalue weighted by Crippen LogP contribution is 2.10. The van der Waals surface area contributed by atoms with Crippen LogP contribution in [0.4, 0.5) is 0 Å². The Labute approximate surface area is 99.9 Å². The minimum Gasteiger partial charge on any atom is -0.373 e. The van der Waals surface area contributed by atoms with E-state index in [9.17, 15) is 0 Å². The fourth-order valence-corrected chi connectivity index (χ4v) is 3.67. The summed E-state index contributed by atoms with van der Waals surface area (Å²) in [5.74, 6) is 0. The molecule has 1 aromatic rings. The van der Waals surface area contributed by atoms with E-state index in [0.717, 1.165) is 10.5 Å². The average molecular weight is 291 g/mol. The second kappa shape index (κ2) is 5.76. The summed E-state index contributed by atoms with van der Waals surface area (Å²) in [5.41, 5.74) is 1.18. The van der Waals surface area contributed by atoms with Crippen LogP contribution in [0, 0.1) is 0 Å². The molecule has 5 heteroatoms. The lowest BCUT2D eigenvalue weighted by atomic mass is 10.2. The Morgan fingerprint density at radius 3 is 2.20 bits per heavy atom. The summed E-state index contributed by atoms with van der Waals surface area (Å²) in [6.45, 7) is 0. The van der Waals surface area contributed by atoms with Gasteiger partial charge in [0.2, 0.25) is 0 Å². The number of hydrogen-bond donors (Lipinski definition) is 0. The largest absolute Gasteiger partial charge is 0.536 e. The molecular weight excluding hydrogens is 276 g/mol. The van der Waals surface area contributed by atoms with Gasteiger partial charge in [0.05, 0.1) is 0 Å². The molecule has 0 heterocycles. The number of rotatable bonds is 5. The van der Waals surface area contributed by atoms with Crippen molar-refractivity contribution in [3.63, 3.8) is 0 Å². The molecule has 0 unspecified atom stereocenters. The van der Waals surface area contributed by atoms with Crippen molar-refractivity contribution < 1.29 is 13.3 Å². The molecule has 0 N–H and O–H groups in total. The zero-order chi connectivity index (χ0) is 11.3. The van der Waals surface area contributed by atoms with E-state index in [-0.39, 0.29) is 0 Å². The van der Waals surface area contributed by atoms with Gasteiger partial charge in [-0.05, 0) is 5.56 Å². The Morgan fingerprint density at radius 2 is 1.73 bits per heavy atom. The van der Waals surface area contributed by atoms with Crippen LogP contribution in [0.15, 0.2) is 24.3 Å². The molecule has 0 bridgehead atoms. The Bertz CT molecular complexity index is 307. The molecule has 0 aromatic heterocycles. The summed E-state index contributed by atoms with van der Waals surface area (Å²) in [6, 6.07) is 8.02. The number of halogens is 1. The highest BCUT2D eigenvalue weighted by Gasteiger charge is 2.40. The standard InChI is InChI=1S/C10H15BrO3Si/c1-12-15(13-2,14-3)10-6-4-5-9(7-10)8-11/h4-7H,8H2,1-3H3. The molecule has 84 valence electrons. The first kappa shape index (κ1) is 12.9. The maximum atomic E-state index is 5.40. The zero-order valence-electron chi connectivity index (χ0n) is 9.12. The molecule has 1 aromatic carbocycles. The Kier molecular flexibility index (Phi) is 4.94. The Balaban J connectivity index is 3.10. The summed E-state index contributed by atoms with van der Waals surface area (Å²) >= 11 is 3.42. The Morgan fingerprint density at radius 1 is 1.13 bits per heavy atom. The molecule has 0 amide bonds. The van der Waals surface area contributed by atoms with Crippen LogP contribution in [0.2, 0.25) is 0 Å². The predicted molar refractivity (Wildman–Crippen MR) is 65.5 cm³/mol. The number of hydrogen-bond acceptors (Lipinski definition) is 3. The molecule has 0 saturated carbocycles. The summed E-state index contributed by atoms with van der Waals surface area (Å²) in [4.78, 5) is 0. The molecule has 0 fully saturated rings. The fourth-order valence-electron chi connectivity index (χ4n) is 1.45. The van der Waals surface area contributed by atoms with Crippen LogP contribution in [0.25, 0.3) is 0 Å². The minimum absolute atomic E-state index is 0.808. The first-order valence-electron chi connectivity index (χ1n) is 4.53. The van der Waals surface area contributed by atoms with Gasteiger partial charge in [-0.25, -0.2) is 0 Å². The molecule has 1 rings (SSSR count). The molecule has 0 saturated heterocycles.